The summed E-state index contributed by atoms with van der Waals surface area (Å²) in [6.07, 6.45) is -1.66. The van der Waals surface area contributed by atoms with Gasteiger partial charge in [-0.25, -0.2) is 4.39 Å². The van der Waals surface area contributed by atoms with Gasteiger partial charge in [0.05, 0.1) is 6.10 Å². The summed E-state index contributed by atoms with van der Waals surface area (Å²) in [6, 6.07) is 0. The van der Waals surface area contributed by atoms with Gasteiger partial charge in [0, 0.05) is 0 Å². The maximum absolute atomic E-state index is 14.0. The standard InChI is InChI=1S/C11H19FO3/c1-5-6(2)8-7(12)9-10(13-8)15-11(3,4)14-9/h6-10H,5H2,1-4H3/t6-,7+,8-,9-,10-/m1/s1. The Labute approximate surface area is 89.9 Å². The molecule has 0 bridgehead atoms. The third-order valence-corrected chi connectivity index (χ3v) is 3.21. The second-order valence-corrected chi connectivity index (χ2v) is 4.90. The largest absolute Gasteiger partial charge is 0.343 e. The summed E-state index contributed by atoms with van der Waals surface area (Å²) in [7, 11) is 0. The van der Waals surface area contributed by atoms with Crippen LogP contribution in [0.5, 0.6) is 0 Å². The van der Waals surface area contributed by atoms with Crippen molar-refractivity contribution in [3.63, 3.8) is 0 Å². The first-order chi connectivity index (χ1) is 6.94. The van der Waals surface area contributed by atoms with E-state index >= 15 is 0 Å². The molecular formula is C11H19FO3. The van der Waals surface area contributed by atoms with Crippen LogP contribution < -0.4 is 0 Å². The zero-order valence-electron chi connectivity index (χ0n) is 9.70. The number of halogens is 1. The summed E-state index contributed by atoms with van der Waals surface area (Å²) >= 11 is 0. The van der Waals surface area contributed by atoms with Crippen molar-refractivity contribution in [2.75, 3.05) is 0 Å². The van der Waals surface area contributed by atoms with Gasteiger partial charge in [-0.05, 0) is 19.8 Å². The average Bonchev–Trinajstić information content (AvgIpc) is 2.60. The summed E-state index contributed by atoms with van der Waals surface area (Å²) in [6.45, 7) is 7.57. The molecule has 0 spiro atoms. The van der Waals surface area contributed by atoms with Gasteiger partial charge in [0.2, 0.25) is 0 Å². The van der Waals surface area contributed by atoms with Gasteiger partial charge in [0.1, 0.15) is 6.10 Å². The third kappa shape index (κ3) is 1.90. The number of ether oxygens (including phenoxy) is 3. The Kier molecular flexibility index (Phi) is 2.77. The van der Waals surface area contributed by atoms with E-state index in [1.165, 1.54) is 0 Å². The molecule has 88 valence electrons. The number of hydrogen-bond donors (Lipinski definition) is 0. The first-order valence-electron chi connectivity index (χ1n) is 5.60. The summed E-state index contributed by atoms with van der Waals surface area (Å²) in [5.41, 5.74) is 0. The quantitative estimate of drug-likeness (QED) is 0.711. The minimum atomic E-state index is -1.08. The molecule has 0 aromatic carbocycles. The summed E-state index contributed by atoms with van der Waals surface area (Å²) in [5.74, 6) is -0.527. The molecule has 2 rings (SSSR count). The second kappa shape index (κ2) is 3.68. The molecule has 0 saturated carbocycles. The van der Waals surface area contributed by atoms with Crippen LogP contribution in [0.1, 0.15) is 34.1 Å². The van der Waals surface area contributed by atoms with Crippen molar-refractivity contribution in [2.45, 2.75) is 64.6 Å². The van der Waals surface area contributed by atoms with Crippen molar-refractivity contribution in [3.8, 4) is 0 Å². The molecule has 2 saturated heterocycles. The van der Waals surface area contributed by atoms with Gasteiger partial charge >= 0.3 is 0 Å². The van der Waals surface area contributed by atoms with Crippen LogP contribution in [-0.2, 0) is 14.2 Å². The van der Waals surface area contributed by atoms with Gasteiger partial charge in [-0.1, -0.05) is 20.3 Å². The highest BCUT2D eigenvalue weighted by Crippen LogP contribution is 2.41. The lowest BCUT2D eigenvalue weighted by Gasteiger charge is -2.24. The lowest BCUT2D eigenvalue weighted by molar-refractivity contribution is -0.215. The van der Waals surface area contributed by atoms with E-state index < -0.39 is 24.4 Å². The monoisotopic (exact) mass is 218 g/mol. The van der Waals surface area contributed by atoms with Crippen molar-refractivity contribution in [1.82, 2.24) is 0 Å². The minimum absolute atomic E-state index is 0.195. The minimum Gasteiger partial charge on any atom is -0.343 e. The lowest BCUT2D eigenvalue weighted by Crippen LogP contribution is -2.34. The van der Waals surface area contributed by atoms with E-state index in [2.05, 4.69) is 0 Å². The van der Waals surface area contributed by atoms with Gasteiger partial charge in [0.15, 0.2) is 18.2 Å². The van der Waals surface area contributed by atoms with Crippen molar-refractivity contribution in [2.24, 2.45) is 5.92 Å². The Balaban J connectivity index is 2.05. The predicted octanol–water partition coefficient (Wildman–Crippen LogP) is 2.25. The van der Waals surface area contributed by atoms with Gasteiger partial charge in [-0.3, -0.25) is 0 Å². The molecule has 15 heavy (non-hydrogen) atoms. The fourth-order valence-electron chi connectivity index (χ4n) is 2.18. The Bertz CT molecular complexity index is 244. The first-order valence-corrected chi connectivity index (χ1v) is 5.60. The Morgan fingerprint density at radius 3 is 2.53 bits per heavy atom. The highest BCUT2D eigenvalue weighted by molar-refractivity contribution is 4.94. The molecular weight excluding hydrogens is 199 g/mol. The van der Waals surface area contributed by atoms with E-state index in [0.29, 0.717) is 0 Å². The Morgan fingerprint density at radius 1 is 1.33 bits per heavy atom. The van der Waals surface area contributed by atoms with Crippen LogP contribution >= 0.6 is 0 Å². The molecule has 2 heterocycles. The number of rotatable bonds is 2. The van der Waals surface area contributed by atoms with Gasteiger partial charge in [-0.15, -0.1) is 0 Å². The molecule has 0 N–H and O–H groups in total. The highest BCUT2D eigenvalue weighted by Gasteiger charge is 2.56. The van der Waals surface area contributed by atoms with Crippen LogP contribution in [-0.4, -0.2) is 30.5 Å². The van der Waals surface area contributed by atoms with Crippen molar-refractivity contribution in [1.29, 1.82) is 0 Å². The SMILES string of the molecule is CC[C@@H](C)[C@H]1O[C@@H]2OC(C)(C)O[C@@H]2[C@H]1F. The van der Waals surface area contributed by atoms with Crippen LogP contribution in [0.25, 0.3) is 0 Å². The highest BCUT2D eigenvalue weighted by atomic mass is 19.1. The molecule has 0 radical (unpaired) electrons. The van der Waals surface area contributed by atoms with Crippen LogP contribution in [0, 0.1) is 5.92 Å². The zero-order chi connectivity index (χ0) is 11.2. The van der Waals surface area contributed by atoms with Gasteiger partial charge < -0.3 is 14.2 Å². The van der Waals surface area contributed by atoms with Crippen molar-refractivity contribution >= 4 is 0 Å². The van der Waals surface area contributed by atoms with Gasteiger partial charge in [0.25, 0.3) is 0 Å². The zero-order valence-corrected chi connectivity index (χ0v) is 9.70. The topological polar surface area (TPSA) is 27.7 Å². The van der Waals surface area contributed by atoms with E-state index in [1.807, 2.05) is 13.8 Å². The predicted molar refractivity (Wildman–Crippen MR) is 53.0 cm³/mol. The van der Waals surface area contributed by atoms with Crippen LogP contribution in [0.4, 0.5) is 4.39 Å². The van der Waals surface area contributed by atoms with Crippen LogP contribution in [0.2, 0.25) is 0 Å². The second-order valence-electron chi connectivity index (χ2n) is 4.90. The average molecular weight is 218 g/mol. The summed E-state index contributed by atoms with van der Waals surface area (Å²) < 4.78 is 30.5. The van der Waals surface area contributed by atoms with E-state index in [-0.39, 0.29) is 12.0 Å². The van der Waals surface area contributed by atoms with Crippen molar-refractivity contribution in [3.05, 3.63) is 0 Å². The molecule has 0 aromatic rings. The van der Waals surface area contributed by atoms with E-state index in [0.717, 1.165) is 6.42 Å². The van der Waals surface area contributed by atoms with E-state index in [9.17, 15) is 4.39 Å². The van der Waals surface area contributed by atoms with E-state index in [1.54, 1.807) is 13.8 Å². The first kappa shape index (κ1) is 11.3. The Morgan fingerprint density at radius 2 is 2.00 bits per heavy atom. The molecule has 3 nitrogen and oxygen atoms in total. The molecule has 0 aliphatic carbocycles. The molecule has 2 aliphatic heterocycles. The number of hydrogen-bond acceptors (Lipinski definition) is 3. The van der Waals surface area contributed by atoms with Crippen molar-refractivity contribution < 1.29 is 18.6 Å². The number of fused-ring (bicyclic) bond motifs is 1. The lowest BCUT2D eigenvalue weighted by atomic mass is 9.97. The molecule has 2 aliphatic rings. The Hall–Kier alpha value is -0.190. The van der Waals surface area contributed by atoms with Crippen LogP contribution in [0.15, 0.2) is 0 Å². The maximum Gasteiger partial charge on any atom is 0.190 e. The molecule has 0 amide bonds. The van der Waals surface area contributed by atoms with Gasteiger partial charge in [-0.2, -0.15) is 0 Å². The normalized spacial score (nSPS) is 45.4. The molecule has 2 fully saturated rings. The smallest absolute Gasteiger partial charge is 0.190 e. The third-order valence-electron chi connectivity index (χ3n) is 3.21. The fourth-order valence-corrected chi connectivity index (χ4v) is 2.18. The number of alkyl halides is 1. The molecule has 4 heteroatoms. The van der Waals surface area contributed by atoms with E-state index in [4.69, 9.17) is 14.2 Å². The maximum atomic E-state index is 14.0. The molecule has 0 unspecified atom stereocenters. The molecule has 0 aromatic heterocycles. The fraction of sp³-hybridized carbons (Fsp3) is 1.00. The molecule has 5 atom stereocenters. The summed E-state index contributed by atoms with van der Waals surface area (Å²) in [4.78, 5) is 0. The summed E-state index contributed by atoms with van der Waals surface area (Å²) in [5, 5.41) is 0. The van der Waals surface area contributed by atoms with Crippen LogP contribution in [0.3, 0.4) is 0 Å².